The molecule has 1 amide bonds. The number of fused-ring (bicyclic) bond motifs is 1. The van der Waals surface area contributed by atoms with Crippen LogP contribution in [-0.2, 0) is 17.7 Å². The van der Waals surface area contributed by atoms with Crippen LogP contribution in [0, 0.1) is 0 Å². The Balaban J connectivity index is 1.51. The molecule has 2 aliphatic rings. The van der Waals surface area contributed by atoms with E-state index in [1.807, 2.05) is 13.0 Å². The second-order valence-corrected chi connectivity index (χ2v) is 6.19. The van der Waals surface area contributed by atoms with Gasteiger partial charge in [-0.15, -0.1) is 0 Å². The molecule has 0 N–H and O–H groups in total. The summed E-state index contributed by atoms with van der Waals surface area (Å²) < 4.78 is 10.7. The second-order valence-electron chi connectivity index (χ2n) is 6.19. The Morgan fingerprint density at radius 1 is 1.13 bits per heavy atom. The predicted octanol–water partition coefficient (Wildman–Crippen LogP) is 3.63. The van der Waals surface area contributed by atoms with Crippen molar-refractivity contribution in [2.45, 2.75) is 26.0 Å². The zero-order valence-electron chi connectivity index (χ0n) is 13.1. The zero-order valence-corrected chi connectivity index (χ0v) is 13.1. The van der Waals surface area contributed by atoms with E-state index < -0.39 is 0 Å². The average molecular weight is 309 g/mol. The van der Waals surface area contributed by atoms with Crippen molar-refractivity contribution in [3.05, 3.63) is 53.6 Å². The molecule has 2 aliphatic heterocycles. The zero-order chi connectivity index (χ0) is 15.8. The number of cyclic esters (lactones) is 1. The molecule has 118 valence electrons. The molecule has 2 aromatic carbocycles. The Labute approximate surface area is 135 Å². The van der Waals surface area contributed by atoms with E-state index in [2.05, 4.69) is 36.4 Å². The van der Waals surface area contributed by atoms with E-state index in [0.29, 0.717) is 13.1 Å². The topological polar surface area (TPSA) is 38.8 Å². The van der Waals surface area contributed by atoms with Crippen LogP contribution in [0.15, 0.2) is 42.5 Å². The minimum Gasteiger partial charge on any atom is -0.493 e. The molecule has 0 spiro atoms. The maximum Gasteiger partial charge on any atom is 0.410 e. The third-order valence-electron chi connectivity index (χ3n) is 4.39. The van der Waals surface area contributed by atoms with Gasteiger partial charge in [-0.3, -0.25) is 0 Å². The minimum absolute atomic E-state index is 0.0181. The quantitative estimate of drug-likeness (QED) is 0.869. The van der Waals surface area contributed by atoms with Crippen molar-refractivity contribution in [2.24, 2.45) is 0 Å². The number of nitrogens with zero attached hydrogens (tertiary/aromatic N) is 1. The first-order chi connectivity index (χ1) is 11.2. The number of ether oxygens (including phenoxy) is 2. The lowest BCUT2D eigenvalue weighted by molar-refractivity contribution is 0.137. The normalized spacial score (nSPS) is 19.4. The summed E-state index contributed by atoms with van der Waals surface area (Å²) in [7, 11) is 0. The monoisotopic (exact) mass is 309 g/mol. The first-order valence-corrected chi connectivity index (χ1v) is 7.99. The molecule has 0 aliphatic carbocycles. The molecule has 0 aromatic heterocycles. The molecule has 2 aromatic rings. The average Bonchev–Trinajstić information content (AvgIpc) is 3.13. The summed E-state index contributed by atoms with van der Waals surface area (Å²) in [4.78, 5) is 13.4. The van der Waals surface area contributed by atoms with E-state index in [-0.39, 0.29) is 12.2 Å². The first-order valence-electron chi connectivity index (χ1n) is 7.99. The van der Waals surface area contributed by atoms with Crippen molar-refractivity contribution in [2.75, 3.05) is 13.2 Å². The lowest BCUT2D eigenvalue weighted by Crippen LogP contribution is -2.24. The van der Waals surface area contributed by atoms with Gasteiger partial charge >= 0.3 is 6.09 Å². The van der Waals surface area contributed by atoms with Gasteiger partial charge in [-0.2, -0.15) is 0 Å². The Hall–Kier alpha value is -2.49. The molecule has 4 rings (SSSR count). The molecule has 0 radical (unpaired) electrons. The van der Waals surface area contributed by atoms with Gasteiger partial charge in [0.1, 0.15) is 11.9 Å². The fraction of sp³-hybridized carbons (Fsp3) is 0.316. The Morgan fingerprint density at radius 3 is 2.65 bits per heavy atom. The third kappa shape index (κ3) is 2.77. The van der Waals surface area contributed by atoms with Gasteiger partial charge in [-0.05, 0) is 41.3 Å². The highest BCUT2D eigenvalue weighted by atomic mass is 16.6. The number of carbonyl (C=O) groups excluding carboxylic acids is 1. The van der Waals surface area contributed by atoms with E-state index in [0.717, 1.165) is 24.3 Å². The minimum atomic E-state index is -0.222. The molecule has 1 saturated heterocycles. The van der Waals surface area contributed by atoms with E-state index in [1.165, 1.54) is 16.7 Å². The molecule has 23 heavy (non-hydrogen) atoms. The van der Waals surface area contributed by atoms with Gasteiger partial charge in [0.05, 0.1) is 13.2 Å². The summed E-state index contributed by atoms with van der Waals surface area (Å²) in [5.74, 6) is 1.01. The molecule has 0 bridgehead atoms. The Morgan fingerprint density at radius 2 is 1.91 bits per heavy atom. The summed E-state index contributed by atoms with van der Waals surface area (Å²) in [6, 6.07) is 14.7. The van der Waals surface area contributed by atoms with E-state index in [4.69, 9.17) is 9.47 Å². The number of amides is 1. The predicted molar refractivity (Wildman–Crippen MR) is 87.4 cm³/mol. The SMILES string of the molecule is C[C@@H]1CN(Cc2ccc(-c3ccc4c(c3)CCO4)cc2)C(=O)O1. The number of carbonyl (C=O) groups is 1. The largest absolute Gasteiger partial charge is 0.493 e. The van der Waals surface area contributed by atoms with Gasteiger partial charge in [-0.25, -0.2) is 4.79 Å². The number of benzene rings is 2. The van der Waals surface area contributed by atoms with Crippen LogP contribution in [0.3, 0.4) is 0 Å². The lowest BCUT2D eigenvalue weighted by atomic mass is 10.0. The third-order valence-corrected chi connectivity index (χ3v) is 4.39. The van der Waals surface area contributed by atoms with Gasteiger partial charge in [0, 0.05) is 13.0 Å². The van der Waals surface area contributed by atoms with Crippen LogP contribution < -0.4 is 4.74 Å². The van der Waals surface area contributed by atoms with Crippen molar-refractivity contribution in [1.29, 1.82) is 0 Å². The van der Waals surface area contributed by atoms with Crippen LogP contribution in [0.5, 0.6) is 5.75 Å². The fourth-order valence-corrected chi connectivity index (χ4v) is 3.19. The van der Waals surface area contributed by atoms with Crippen LogP contribution >= 0.6 is 0 Å². The maximum atomic E-state index is 11.7. The van der Waals surface area contributed by atoms with E-state index in [9.17, 15) is 4.79 Å². The molecule has 1 fully saturated rings. The summed E-state index contributed by atoms with van der Waals surface area (Å²) in [6.07, 6.45) is 0.742. The fourth-order valence-electron chi connectivity index (χ4n) is 3.19. The summed E-state index contributed by atoms with van der Waals surface area (Å²) in [5.41, 5.74) is 4.78. The van der Waals surface area contributed by atoms with Crippen molar-refractivity contribution in [3.8, 4) is 16.9 Å². The molecule has 0 saturated carbocycles. The molecular formula is C19H19NO3. The standard InChI is InChI=1S/C19H19NO3/c1-13-11-20(19(21)23-13)12-14-2-4-15(5-3-14)16-6-7-18-17(10-16)8-9-22-18/h2-7,10,13H,8-9,11-12H2,1H3/t13-/m1/s1. The number of hydrogen-bond donors (Lipinski definition) is 0. The highest BCUT2D eigenvalue weighted by Gasteiger charge is 2.27. The Bertz CT molecular complexity index is 739. The molecule has 0 unspecified atom stereocenters. The van der Waals surface area contributed by atoms with Crippen molar-refractivity contribution in [1.82, 2.24) is 4.90 Å². The number of hydrogen-bond acceptors (Lipinski definition) is 3. The van der Waals surface area contributed by atoms with Crippen LogP contribution in [0.25, 0.3) is 11.1 Å². The highest BCUT2D eigenvalue weighted by molar-refractivity contribution is 5.70. The summed E-state index contributed by atoms with van der Waals surface area (Å²) >= 11 is 0. The highest BCUT2D eigenvalue weighted by Crippen LogP contribution is 2.30. The molecule has 1 atom stereocenters. The van der Waals surface area contributed by atoms with E-state index in [1.54, 1.807) is 4.90 Å². The molecule has 4 heteroatoms. The number of rotatable bonds is 3. The smallest absolute Gasteiger partial charge is 0.410 e. The van der Waals surface area contributed by atoms with E-state index >= 15 is 0 Å². The van der Waals surface area contributed by atoms with Crippen LogP contribution in [0.4, 0.5) is 4.79 Å². The van der Waals surface area contributed by atoms with Crippen LogP contribution in [0.2, 0.25) is 0 Å². The van der Waals surface area contributed by atoms with Crippen molar-refractivity contribution in [3.63, 3.8) is 0 Å². The first kappa shape index (κ1) is 14.1. The van der Waals surface area contributed by atoms with Crippen LogP contribution in [-0.4, -0.2) is 30.2 Å². The molecular weight excluding hydrogens is 290 g/mol. The van der Waals surface area contributed by atoms with Gasteiger partial charge in [0.25, 0.3) is 0 Å². The molecule has 4 nitrogen and oxygen atoms in total. The maximum absolute atomic E-state index is 11.7. The van der Waals surface area contributed by atoms with Crippen molar-refractivity contribution < 1.29 is 14.3 Å². The second kappa shape index (κ2) is 5.61. The van der Waals surface area contributed by atoms with Gasteiger partial charge < -0.3 is 14.4 Å². The summed E-state index contributed by atoms with van der Waals surface area (Å²) in [5, 5.41) is 0. The lowest BCUT2D eigenvalue weighted by Gasteiger charge is -2.13. The summed E-state index contributed by atoms with van der Waals surface area (Å²) in [6.45, 7) is 3.95. The van der Waals surface area contributed by atoms with Gasteiger partial charge in [-0.1, -0.05) is 30.3 Å². The van der Waals surface area contributed by atoms with Gasteiger partial charge in [0.2, 0.25) is 0 Å². The van der Waals surface area contributed by atoms with Crippen LogP contribution in [0.1, 0.15) is 18.1 Å². The van der Waals surface area contributed by atoms with Crippen molar-refractivity contribution >= 4 is 6.09 Å². The van der Waals surface area contributed by atoms with Gasteiger partial charge in [0.15, 0.2) is 0 Å². The molecule has 2 heterocycles. The Kier molecular flexibility index (Phi) is 3.45.